The molecule has 2 N–H and O–H groups in total. The number of amides is 1. The van der Waals surface area contributed by atoms with Crippen molar-refractivity contribution in [2.45, 2.75) is 25.8 Å². The van der Waals surface area contributed by atoms with Gasteiger partial charge in [0.05, 0.1) is 17.1 Å². The molecule has 6 heteroatoms. The van der Waals surface area contributed by atoms with Crippen molar-refractivity contribution in [1.82, 2.24) is 5.32 Å². The highest BCUT2D eigenvalue weighted by molar-refractivity contribution is 7.91. The van der Waals surface area contributed by atoms with Gasteiger partial charge in [0.15, 0.2) is 0 Å². The van der Waals surface area contributed by atoms with E-state index in [-0.39, 0.29) is 23.5 Å². The molecule has 0 radical (unpaired) electrons. The van der Waals surface area contributed by atoms with Crippen LogP contribution in [0.3, 0.4) is 0 Å². The lowest BCUT2D eigenvalue weighted by molar-refractivity contribution is 0.0935. The van der Waals surface area contributed by atoms with Crippen LogP contribution < -0.4 is 10.6 Å². The summed E-state index contributed by atoms with van der Waals surface area (Å²) in [5.74, 6) is 0.164. The Balaban J connectivity index is 2.07. The molecule has 2 rings (SSSR count). The van der Waals surface area contributed by atoms with Crippen molar-refractivity contribution in [3.8, 4) is 0 Å². The lowest BCUT2D eigenvalue weighted by Crippen LogP contribution is -2.41. The molecule has 1 aliphatic rings. The van der Waals surface area contributed by atoms with Crippen molar-refractivity contribution in [3.05, 3.63) is 29.3 Å². The van der Waals surface area contributed by atoms with E-state index < -0.39 is 9.84 Å². The quantitative estimate of drug-likeness (QED) is 0.882. The van der Waals surface area contributed by atoms with Gasteiger partial charge in [0.2, 0.25) is 0 Å². The summed E-state index contributed by atoms with van der Waals surface area (Å²) in [6.07, 6.45) is 0.990. The lowest BCUT2D eigenvalue weighted by Gasteiger charge is -2.23. The number of benzene rings is 1. The summed E-state index contributed by atoms with van der Waals surface area (Å²) in [7, 11) is -1.13. The largest absolute Gasteiger partial charge is 0.387 e. The van der Waals surface area contributed by atoms with E-state index in [0.29, 0.717) is 18.4 Å². The predicted molar refractivity (Wildman–Crippen MR) is 79.9 cm³/mol. The van der Waals surface area contributed by atoms with Gasteiger partial charge >= 0.3 is 0 Å². The molecule has 5 nitrogen and oxygen atoms in total. The Kier molecular flexibility index (Phi) is 4.32. The number of aryl methyl sites for hydroxylation is 1. The average molecular weight is 296 g/mol. The topological polar surface area (TPSA) is 75.3 Å². The predicted octanol–water partition coefficient (Wildman–Crippen LogP) is 1.34. The van der Waals surface area contributed by atoms with E-state index in [0.717, 1.165) is 11.3 Å². The minimum Gasteiger partial charge on any atom is -0.387 e. The van der Waals surface area contributed by atoms with Gasteiger partial charge in [-0.15, -0.1) is 0 Å². The van der Waals surface area contributed by atoms with Gasteiger partial charge in [-0.25, -0.2) is 8.42 Å². The minimum atomic E-state index is -2.90. The number of anilines is 1. The second kappa shape index (κ2) is 5.83. The van der Waals surface area contributed by atoms with Crippen molar-refractivity contribution in [3.63, 3.8) is 0 Å². The molecule has 110 valence electrons. The van der Waals surface area contributed by atoms with Crippen LogP contribution >= 0.6 is 0 Å². The first-order valence-corrected chi connectivity index (χ1v) is 8.53. The van der Waals surface area contributed by atoms with Crippen molar-refractivity contribution >= 4 is 21.4 Å². The normalized spacial score (nSPS) is 18.5. The van der Waals surface area contributed by atoms with Crippen LogP contribution in [0.5, 0.6) is 0 Å². The molecule has 1 aromatic rings. The highest BCUT2D eigenvalue weighted by Gasteiger charge is 2.25. The number of carbonyl (C=O) groups is 1. The van der Waals surface area contributed by atoms with Gasteiger partial charge in [-0.3, -0.25) is 4.79 Å². The second-order valence-electron chi connectivity index (χ2n) is 5.20. The summed E-state index contributed by atoms with van der Waals surface area (Å²) in [6, 6.07) is 5.59. The molecular formula is C14H20N2O3S. The van der Waals surface area contributed by atoms with E-state index in [1.54, 1.807) is 7.05 Å². The van der Waals surface area contributed by atoms with Crippen LogP contribution in [-0.2, 0) is 9.84 Å². The zero-order valence-electron chi connectivity index (χ0n) is 11.8. The third-order valence-corrected chi connectivity index (χ3v) is 5.29. The van der Waals surface area contributed by atoms with Crippen molar-refractivity contribution in [2.75, 3.05) is 23.9 Å². The second-order valence-corrected chi connectivity index (χ2v) is 7.50. The summed E-state index contributed by atoms with van der Waals surface area (Å²) in [4.78, 5) is 12.3. The SMILES string of the molecule is CNc1ccc(C)cc1C(=O)NC1CCS(=O)(=O)CC1. The number of nitrogens with one attached hydrogen (secondary N) is 2. The molecule has 1 saturated heterocycles. The Bertz CT molecular complexity index is 597. The van der Waals surface area contributed by atoms with E-state index in [2.05, 4.69) is 10.6 Å². The van der Waals surface area contributed by atoms with Gasteiger partial charge in [0.25, 0.3) is 5.91 Å². The minimum absolute atomic E-state index is 0.0590. The molecule has 20 heavy (non-hydrogen) atoms. The van der Waals surface area contributed by atoms with Crippen LogP contribution in [0.15, 0.2) is 18.2 Å². The third-order valence-electron chi connectivity index (χ3n) is 3.58. The number of rotatable bonds is 3. The smallest absolute Gasteiger partial charge is 0.253 e. The Morgan fingerprint density at radius 2 is 1.90 bits per heavy atom. The van der Waals surface area contributed by atoms with Gasteiger partial charge in [-0.2, -0.15) is 0 Å². The van der Waals surface area contributed by atoms with E-state index in [1.165, 1.54) is 0 Å². The van der Waals surface area contributed by atoms with Gasteiger partial charge in [0, 0.05) is 18.8 Å². The van der Waals surface area contributed by atoms with Crippen molar-refractivity contribution < 1.29 is 13.2 Å². The Morgan fingerprint density at radius 3 is 2.50 bits per heavy atom. The van der Waals surface area contributed by atoms with Gasteiger partial charge in [-0.1, -0.05) is 11.6 Å². The standard InChI is InChI=1S/C14H20N2O3S/c1-10-3-4-13(15-2)12(9-10)14(17)16-11-5-7-20(18,19)8-6-11/h3-4,9,11,15H,5-8H2,1-2H3,(H,16,17). The van der Waals surface area contributed by atoms with Crippen molar-refractivity contribution in [1.29, 1.82) is 0 Å². The summed E-state index contributed by atoms with van der Waals surface area (Å²) in [5, 5.41) is 5.93. The molecule has 0 saturated carbocycles. The number of hydrogen-bond acceptors (Lipinski definition) is 4. The zero-order chi connectivity index (χ0) is 14.8. The molecule has 0 atom stereocenters. The number of sulfone groups is 1. The summed E-state index contributed by atoms with van der Waals surface area (Å²) >= 11 is 0. The first-order chi connectivity index (χ1) is 9.41. The van der Waals surface area contributed by atoms with Gasteiger partial charge < -0.3 is 10.6 Å². The Labute approximate surface area is 119 Å². The molecule has 0 bridgehead atoms. The fraction of sp³-hybridized carbons (Fsp3) is 0.500. The van der Waals surface area contributed by atoms with Crippen LogP contribution in [0.2, 0.25) is 0 Å². The maximum Gasteiger partial charge on any atom is 0.253 e. The molecular weight excluding hydrogens is 276 g/mol. The van der Waals surface area contributed by atoms with E-state index >= 15 is 0 Å². The number of hydrogen-bond donors (Lipinski definition) is 2. The Hall–Kier alpha value is -1.56. The lowest BCUT2D eigenvalue weighted by atomic mass is 10.1. The molecule has 1 fully saturated rings. The fourth-order valence-corrected chi connectivity index (χ4v) is 3.85. The van der Waals surface area contributed by atoms with Crippen molar-refractivity contribution in [2.24, 2.45) is 0 Å². The maximum atomic E-state index is 12.3. The van der Waals surface area contributed by atoms with Crippen LogP contribution in [0.1, 0.15) is 28.8 Å². The van der Waals surface area contributed by atoms with E-state index in [4.69, 9.17) is 0 Å². The number of carbonyl (C=O) groups excluding carboxylic acids is 1. The molecule has 1 amide bonds. The molecule has 0 unspecified atom stereocenters. The summed E-state index contributed by atoms with van der Waals surface area (Å²) < 4.78 is 22.7. The molecule has 1 aromatic carbocycles. The van der Waals surface area contributed by atoms with Gasteiger partial charge in [0.1, 0.15) is 9.84 Å². The summed E-state index contributed by atoms with van der Waals surface area (Å²) in [5.41, 5.74) is 2.39. The summed E-state index contributed by atoms with van der Waals surface area (Å²) in [6.45, 7) is 1.93. The van der Waals surface area contributed by atoms with Crippen LogP contribution in [0, 0.1) is 6.92 Å². The monoisotopic (exact) mass is 296 g/mol. The molecule has 0 aromatic heterocycles. The molecule has 1 aliphatic heterocycles. The highest BCUT2D eigenvalue weighted by atomic mass is 32.2. The first-order valence-electron chi connectivity index (χ1n) is 6.71. The third kappa shape index (κ3) is 3.50. The van der Waals surface area contributed by atoms with E-state index in [1.807, 2.05) is 25.1 Å². The van der Waals surface area contributed by atoms with E-state index in [9.17, 15) is 13.2 Å². The van der Waals surface area contributed by atoms with Gasteiger partial charge in [-0.05, 0) is 31.9 Å². The van der Waals surface area contributed by atoms with Crippen LogP contribution in [-0.4, -0.2) is 38.9 Å². The van der Waals surface area contributed by atoms with Crippen LogP contribution in [0.4, 0.5) is 5.69 Å². The molecule has 0 aliphatic carbocycles. The zero-order valence-corrected chi connectivity index (χ0v) is 12.6. The Morgan fingerprint density at radius 1 is 1.25 bits per heavy atom. The maximum absolute atomic E-state index is 12.3. The fourth-order valence-electron chi connectivity index (χ4n) is 2.36. The first kappa shape index (κ1) is 14.8. The molecule has 0 spiro atoms. The van der Waals surface area contributed by atoms with Crippen LogP contribution in [0.25, 0.3) is 0 Å². The highest BCUT2D eigenvalue weighted by Crippen LogP contribution is 2.18. The average Bonchev–Trinajstić information content (AvgIpc) is 2.41. The molecule has 1 heterocycles.